The lowest BCUT2D eigenvalue weighted by Crippen LogP contribution is -2.30. The molecule has 0 unspecified atom stereocenters. The Balaban J connectivity index is 2.52. The Hall–Kier alpha value is -1.31. The molecule has 98 valence electrons. The number of allylic oxidation sites excluding steroid dienone is 4. The average Bonchev–Trinajstić information content (AvgIpc) is 2.25. The fraction of sp³-hybridized carbons (Fsp3) is 0.562. The lowest BCUT2D eigenvalue weighted by Gasteiger charge is -2.39. The number of hydrogen-bond donors (Lipinski definition) is 0. The van der Waals surface area contributed by atoms with E-state index in [1.165, 1.54) is 16.8 Å². The standard InChI is InChI=1S/C16H24N2/c1-15(2,3)13-9-12-7-8-17-11-18(12)10-14(13)16(4,5)6/h7-10H,11H2,1-6H3. The van der Waals surface area contributed by atoms with Crippen LogP contribution < -0.4 is 0 Å². The van der Waals surface area contributed by atoms with Gasteiger partial charge in [0.15, 0.2) is 0 Å². The van der Waals surface area contributed by atoms with Gasteiger partial charge in [0.05, 0.1) is 0 Å². The van der Waals surface area contributed by atoms with Crippen molar-refractivity contribution in [3.8, 4) is 0 Å². The van der Waals surface area contributed by atoms with Crippen LogP contribution in [0.25, 0.3) is 0 Å². The van der Waals surface area contributed by atoms with Crippen LogP contribution >= 0.6 is 0 Å². The number of aliphatic imine (C=N–C) groups is 1. The topological polar surface area (TPSA) is 15.6 Å². The van der Waals surface area contributed by atoms with Gasteiger partial charge in [-0.3, -0.25) is 4.99 Å². The predicted molar refractivity (Wildman–Crippen MR) is 78.4 cm³/mol. The van der Waals surface area contributed by atoms with Crippen molar-refractivity contribution in [3.05, 3.63) is 35.2 Å². The van der Waals surface area contributed by atoms with Gasteiger partial charge in [0.25, 0.3) is 0 Å². The summed E-state index contributed by atoms with van der Waals surface area (Å²) in [5, 5.41) is 0. The number of fused-ring (bicyclic) bond motifs is 1. The van der Waals surface area contributed by atoms with E-state index in [4.69, 9.17) is 0 Å². The first-order valence-electron chi connectivity index (χ1n) is 6.61. The summed E-state index contributed by atoms with van der Waals surface area (Å²) in [5.74, 6) is 0. The first-order chi connectivity index (χ1) is 8.19. The van der Waals surface area contributed by atoms with E-state index in [0.717, 1.165) is 6.67 Å². The Morgan fingerprint density at radius 1 is 1.00 bits per heavy atom. The molecule has 2 aliphatic rings. The van der Waals surface area contributed by atoms with Crippen LogP contribution in [-0.2, 0) is 0 Å². The molecule has 0 amide bonds. The summed E-state index contributed by atoms with van der Waals surface area (Å²) >= 11 is 0. The molecule has 2 heterocycles. The van der Waals surface area contributed by atoms with Crippen molar-refractivity contribution in [3.63, 3.8) is 0 Å². The Bertz CT molecular complexity index is 462. The third kappa shape index (κ3) is 2.43. The third-order valence-electron chi connectivity index (χ3n) is 3.40. The quantitative estimate of drug-likeness (QED) is 0.625. The first kappa shape index (κ1) is 13.1. The minimum Gasteiger partial charge on any atom is -0.328 e. The SMILES string of the molecule is CC(C)(C)C1=CC2=CC=NCN2C=C1C(C)(C)C. The van der Waals surface area contributed by atoms with E-state index in [-0.39, 0.29) is 10.8 Å². The van der Waals surface area contributed by atoms with Gasteiger partial charge < -0.3 is 4.90 Å². The Morgan fingerprint density at radius 3 is 2.17 bits per heavy atom. The van der Waals surface area contributed by atoms with Crippen LogP contribution in [-0.4, -0.2) is 17.8 Å². The van der Waals surface area contributed by atoms with Crippen LogP contribution in [0.4, 0.5) is 0 Å². The van der Waals surface area contributed by atoms with Crippen LogP contribution in [0.5, 0.6) is 0 Å². The molecule has 0 radical (unpaired) electrons. The molecule has 0 spiro atoms. The second kappa shape index (κ2) is 4.11. The molecular weight excluding hydrogens is 220 g/mol. The molecule has 0 saturated heterocycles. The highest BCUT2D eigenvalue weighted by atomic mass is 15.2. The van der Waals surface area contributed by atoms with Crippen molar-refractivity contribution in [2.75, 3.05) is 6.67 Å². The van der Waals surface area contributed by atoms with Gasteiger partial charge in [-0.05, 0) is 34.1 Å². The van der Waals surface area contributed by atoms with Gasteiger partial charge in [-0.15, -0.1) is 0 Å². The zero-order valence-electron chi connectivity index (χ0n) is 12.4. The van der Waals surface area contributed by atoms with E-state index in [1.807, 2.05) is 6.21 Å². The molecule has 0 aromatic carbocycles. The molecule has 0 fully saturated rings. The Morgan fingerprint density at radius 2 is 1.61 bits per heavy atom. The molecule has 2 heteroatoms. The molecule has 0 N–H and O–H groups in total. The van der Waals surface area contributed by atoms with Crippen LogP contribution in [0.1, 0.15) is 41.5 Å². The summed E-state index contributed by atoms with van der Waals surface area (Å²) in [4.78, 5) is 6.55. The maximum Gasteiger partial charge on any atom is 0.114 e. The van der Waals surface area contributed by atoms with Crippen molar-refractivity contribution in [2.45, 2.75) is 41.5 Å². The summed E-state index contributed by atoms with van der Waals surface area (Å²) in [6, 6.07) is 0. The highest BCUT2D eigenvalue weighted by Crippen LogP contribution is 2.43. The number of hydrogen-bond acceptors (Lipinski definition) is 2. The van der Waals surface area contributed by atoms with Crippen LogP contribution in [0.3, 0.4) is 0 Å². The van der Waals surface area contributed by atoms with Gasteiger partial charge in [0, 0.05) is 18.1 Å². The van der Waals surface area contributed by atoms with E-state index < -0.39 is 0 Å². The average molecular weight is 244 g/mol. The molecule has 2 aliphatic heterocycles. The van der Waals surface area contributed by atoms with Crippen LogP contribution in [0, 0.1) is 10.8 Å². The highest BCUT2D eigenvalue weighted by molar-refractivity contribution is 5.74. The minimum absolute atomic E-state index is 0.159. The van der Waals surface area contributed by atoms with Crippen molar-refractivity contribution >= 4 is 6.21 Å². The van der Waals surface area contributed by atoms with Crippen LogP contribution in [0.2, 0.25) is 0 Å². The molecule has 0 aromatic rings. The van der Waals surface area contributed by atoms with E-state index in [0.29, 0.717) is 0 Å². The van der Waals surface area contributed by atoms with Gasteiger partial charge in [-0.25, -0.2) is 0 Å². The molecule has 2 nitrogen and oxygen atoms in total. The van der Waals surface area contributed by atoms with Crippen molar-refractivity contribution in [2.24, 2.45) is 15.8 Å². The zero-order valence-corrected chi connectivity index (χ0v) is 12.4. The minimum atomic E-state index is 0.159. The van der Waals surface area contributed by atoms with Crippen molar-refractivity contribution < 1.29 is 0 Å². The summed E-state index contributed by atoms with van der Waals surface area (Å²) in [6.45, 7) is 14.4. The second-order valence-corrected chi connectivity index (χ2v) is 7.14. The summed E-state index contributed by atoms with van der Waals surface area (Å²) in [6.07, 6.45) is 8.60. The third-order valence-corrected chi connectivity index (χ3v) is 3.40. The van der Waals surface area contributed by atoms with Crippen molar-refractivity contribution in [1.29, 1.82) is 0 Å². The Labute approximate surface area is 111 Å². The monoisotopic (exact) mass is 244 g/mol. The first-order valence-corrected chi connectivity index (χ1v) is 6.61. The maximum absolute atomic E-state index is 4.32. The lowest BCUT2D eigenvalue weighted by molar-refractivity contribution is 0.403. The second-order valence-electron chi connectivity index (χ2n) is 7.14. The maximum atomic E-state index is 4.32. The zero-order chi connectivity index (χ0) is 13.6. The van der Waals surface area contributed by atoms with E-state index in [9.17, 15) is 0 Å². The van der Waals surface area contributed by atoms with Gasteiger partial charge >= 0.3 is 0 Å². The molecule has 0 saturated carbocycles. The largest absolute Gasteiger partial charge is 0.328 e. The number of rotatable bonds is 0. The molecule has 0 aromatic heterocycles. The van der Waals surface area contributed by atoms with Gasteiger partial charge in [-0.2, -0.15) is 0 Å². The van der Waals surface area contributed by atoms with Gasteiger partial charge in [0.1, 0.15) is 6.67 Å². The fourth-order valence-electron chi connectivity index (χ4n) is 2.36. The summed E-state index contributed by atoms with van der Waals surface area (Å²) in [5.41, 5.74) is 4.44. The predicted octanol–water partition coefficient (Wildman–Crippen LogP) is 4.13. The van der Waals surface area contributed by atoms with Crippen molar-refractivity contribution in [1.82, 2.24) is 4.90 Å². The normalized spacial score (nSPS) is 20.1. The lowest BCUT2D eigenvalue weighted by atomic mass is 9.71. The van der Waals surface area contributed by atoms with Gasteiger partial charge in [0.2, 0.25) is 0 Å². The molecular formula is C16H24N2. The summed E-state index contributed by atoms with van der Waals surface area (Å²) < 4.78 is 0. The number of nitrogens with zero attached hydrogens (tertiary/aromatic N) is 2. The Kier molecular flexibility index (Phi) is 3.00. The van der Waals surface area contributed by atoms with E-state index in [2.05, 4.69) is 69.8 Å². The fourth-order valence-corrected chi connectivity index (χ4v) is 2.36. The van der Waals surface area contributed by atoms with Gasteiger partial charge in [-0.1, -0.05) is 41.5 Å². The van der Waals surface area contributed by atoms with Crippen LogP contribution in [0.15, 0.2) is 40.2 Å². The smallest absolute Gasteiger partial charge is 0.114 e. The highest BCUT2D eigenvalue weighted by Gasteiger charge is 2.32. The molecule has 18 heavy (non-hydrogen) atoms. The van der Waals surface area contributed by atoms with E-state index in [1.54, 1.807) is 0 Å². The summed E-state index contributed by atoms with van der Waals surface area (Å²) in [7, 11) is 0. The molecule has 2 rings (SSSR count). The molecule has 0 atom stereocenters. The molecule has 0 bridgehead atoms. The van der Waals surface area contributed by atoms with E-state index >= 15 is 0 Å². The molecule has 0 aliphatic carbocycles.